The van der Waals surface area contributed by atoms with Crippen LogP contribution < -0.4 is 0 Å². The molecule has 0 aromatic heterocycles. The minimum atomic E-state index is 0.380. The summed E-state index contributed by atoms with van der Waals surface area (Å²) in [5.74, 6) is 2.06. The molecule has 1 fully saturated rings. The molecular weight excluding hydrogens is 112 g/mol. The molecule has 2 atom stereocenters. The molecule has 0 heterocycles. The quantitative estimate of drug-likeness (QED) is 0.524. The lowest BCUT2D eigenvalue weighted by atomic mass is 9.68. The van der Waals surface area contributed by atoms with Crippen LogP contribution in [0.2, 0.25) is 0 Å². The predicted octanol–water partition coefficient (Wildman–Crippen LogP) is 1.87. The predicted molar refractivity (Wildman–Crippen MR) is 37.1 cm³/mol. The van der Waals surface area contributed by atoms with Gasteiger partial charge in [0, 0.05) is 12.3 Å². The standard InChI is InChI=1S/C8H14O/c1-5(2)8-6(3)4-7(8)9/h5-6,8H,4H2,1-3H3/t6-,8+/m0/s1. The van der Waals surface area contributed by atoms with Crippen LogP contribution in [0.1, 0.15) is 27.2 Å². The summed E-state index contributed by atoms with van der Waals surface area (Å²) in [5.41, 5.74) is 0. The first-order valence-corrected chi connectivity index (χ1v) is 3.65. The maximum Gasteiger partial charge on any atom is 0.136 e. The van der Waals surface area contributed by atoms with Crippen molar-refractivity contribution in [1.29, 1.82) is 0 Å². The Morgan fingerprint density at radius 1 is 1.56 bits per heavy atom. The second-order valence-corrected chi connectivity index (χ2v) is 3.42. The zero-order chi connectivity index (χ0) is 7.02. The molecule has 0 spiro atoms. The molecule has 0 radical (unpaired) electrons. The van der Waals surface area contributed by atoms with Gasteiger partial charge in [0.05, 0.1) is 0 Å². The number of hydrogen-bond donors (Lipinski definition) is 0. The van der Waals surface area contributed by atoms with Gasteiger partial charge in [-0.1, -0.05) is 20.8 Å². The molecule has 1 heteroatoms. The van der Waals surface area contributed by atoms with Crippen molar-refractivity contribution in [1.82, 2.24) is 0 Å². The van der Waals surface area contributed by atoms with Gasteiger partial charge in [0.15, 0.2) is 0 Å². The van der Waals surface area contributed by atoms with Crippen LogP contribution in [0.5, 0.6) is 0 Å². The highest BCUT2D eigenvalue weighted by Crippen LogP contribution is 2.35. The Labute approximate surface area is 56.4 Å². The second-order valence-electron chi connectivity index (χ2n) is 3.42. The smallest absolute Gasteiger partial charge is 0.136 e. The third-order valence-corrected chi connectivity index (χ3v) is 2.23. The van der Waals surface area contributed by atoms with Gasteiger partial charge < -0.3 is 0 Å². The molecule has 9 heavy (non-hydrogen) atoms. The highest BCUT2D eigenvalue weighted by Gasteiger charge is 2.37. The van der Waals surface area contributed by atoms with Gasteiger partial charge in [-0.15, -0.1) is 0 Å². The van der Waals surface area contributed by atoms with Crippen molar-refractivity contribution in [2.45, 2.75) is 27.2 Å². The Morgan fingerprint density at radius 2 is 2.11 bits per heavy atom. The number of rotatable bonds is 1. The Balaban J connectivity index is 2.49. The highest BCUT2D eigenvalue weighted by atomic mass is 16.1. The Hall–Kier alpha value is -0.330. The van der Waals surface area contributed by atoms with Crippen LogP contribution in [0.15, 0.2) is 0 Å². The summed E-state index contributed by atoms with van der Waals surface area (Å²) in [4.78, 5) is 10.9. The van der Waals surface area contributed by atoms with Gasteiger partial charge in [0.1, 0.15) is 5.78 Å². The summed E-state index contributed by atoms with van der Waals surface area (Å²) < 4.78 is 0. The van der Waals surface area contributed by atoms with Gasteiger partial charge in [-0.3, -0.25) is 4.79 Å². The SMILES string of the molecule is CC(C)[C@H]1C(=O)C[C@@H]1C. The normalized spacial score (nSPS) is 34.9. The van der Waals surface area contributed by atoms with Crippen LogP contribution in [0.3, 0.4) is 0 Å². The van der Waals surface area contributed by atoms with Crippen LogP contribution in [-0.2, 0) is 4.79 Å². The number of ketones is 1. The summed E-state index contributed by atoms with van der Waals surface area (Å²) in [6.45, 7) is 6.41. The number of carbonyl (C=O) groups excluding carboxylic acids is 1. The second kappa shape index (κ2) is 2.13. The molecule has 0 aromatic rings. The summed E-state index contributed by atoms with van der Waals surface area (Å²) in [6.07, 6.45) is 0.822. The average molecular weight is 126 g/mol. The zero-order valence-electron chi connectivity index (χ0n) is 6.35. The van der Waals surface area contributed by atoms with E-state index in [2.05, 4.69) is 20.8 Å². The van der Waals surface area contributed by atoms with E-state index in [4.69, 9.17) is 0 Å². The lowest BCUT2D eigenvalue weighted by Crippen LogP contribution is -2.38. The van der Waals surface area contributed by atoms with E-state index >= 15 is 0 Å². The van der Waals surface area contributed by atoms with Crippen molar-refractivity contribution in [3.8, 4) is 0 Å². The molecule has 0 unspecified atom stereocenters. The van der Waals surface area contributed by atoms with Crippen molar-refractivity contribution in [2.75, 3.05) is 0 Å². The van der Waals surface area contributed by atoms with Gasteiger partial charge in [-0.2, -0.15) is 0 Å². The van der Waals surface area contributed by atoms with Crippen LogP contribution in [0, 0.1) is 17.8 Å². The third-order valence-electron chi connectivity index (χ3n) is 2.23. The summed E-state index contributed by atoms with van der Waals surface area (Å²) in [7, 11) is 0. The first kappa shape index (κ1) is 6.79. The molecule has 1 saturated carbocycles. The molecule has 1 rings (SSSR count). The van der Waals surface area contributed by atoms with Gasteiger partial charge >= 0.3 is 0 Å². The molecule has 0 amide bonds. The lowest BCUT2D eigenvalue weighted by molar-refractivity contribution is -0.135. The van der Waals surface area contributed by atoms with Crippen LogP contribution >= 0.6 is 0 Å². The molecule has 0 saturated heterocycles. The topological polar surface area (TPSA) is 17.1 Å². The highest BCUT2D eigenvalue weighted by molar-refractivity contribution is 5.87. The van der Waals surface area contributed by atoms with E-state index in [1.165, 1.54) is 0 Å². The van der Waals surface area contributed by atoms with E-state index in [0.29, 0.717) is 23.5 Å². The molecule has 0 aromatic carbocycles. The van der Waals surface area contributed by atoms with Crippen molar-refractivity contribution in [2.24, 2.45) is 17.8 Å². The number of Topliss-reactive ketones (excluding diaryl/α,β-unsaturated/α-hetero) is 1. The molecule has 0 N–H and O–H groups in total. The maximum absolute atomic E-state index is 10.9. The first-order chi connectivity index (χ1) is 4.13. The van der Waals surface area contributed by atoms with Crippen molar-refractivity contribution < 1.29 is 4.79 Å². The molecule has 1 nitrogen and oxygen atoms in total. The van der Waals surface area contributed by atoms with Crippen molar-refractivity contribution in [3.05, 3.63) is 0 Å². The monoisotopic (exact) mass is 126 g/mol. The van der Waals surface area contributed by atoms with Crippen LogP contribution in [0.4, 0.5) is 0 Å². The maximum atomic E-state index is 10.9. The van der Waals surface area contributed by atoms with Crippen LogP contribution in [0.25, 0.3) is 0 Å². The minimum Gasteiger partial charge on any atom is -0.299 e. The summed E-state index contributed by atoms with van der Waals surface area (Å²) in [5, 5.41) is 0. The van der Waals surface area contributed by atoms with Gasteiger partial charge in [-0.25, -0.2) is 0 Å². The number of hydrogen-bond acceptors (Lipinski definition) is 1. The summed E-state index contributed by atoms with van der Waals surface area (Å²) in [6, 6.07) is 0. The molecular formula is C8H14O. The van der Waals surface area contributed by atoms with Gasteiger partial charge in [0.2, 0.25) is 0 Å². The third kappa shape index (κ3) is 1.00. The van der Waals surface area contributed by atoms with Crippen LogP contribution in [-0.4, -0.2) is 5.78 Å². The molecule has 1 aliphatic rings. The van der Waals surface area contributed by atoms with Gasteiger partial charge in [-0.05, 0) is 11.8 Å². The minimum absolute atomic E-state index is 0.380. The average Bonchev–Trinajstić information content (AvgIpc) is 1.62. The van der Waals surface area contributed by atoms with Crippen molar-refractivity contribution in [3.63, 3.8) is 0 Å². The Bertz CT molecular complexity index is 122. The largest absolute Gasteiger partial charge is 0.299 e. The zero-order valence-corrected chi connectivity index (χ0v) is 6.35. The van der Waals surface area contributed by atoms with E-state index in [-0.39, 0.29) is 0 Å². The molecule has 52 valence electrons. The molecule has 0 bridgehead atoms. The molecule has 0 aliphatic heterocycles. The Morgan fingerprint density at radius 3 is 2.22 bits per heavy atom. The fourth-order valence-electron chi connectivity index (χ4n) is 1.77. The number of carbonyl (C=O) groups is 1. The Kier molecular flexibility index (Phi) is 1.60. The van der Waals surface area contributed by atoms with Gasteiger partial charge in [0.25, 0.3) is 0 Å². The fourth-order valence-corrected chi connectivity index (χ4v) is 1.77. The lowest BCUT2D eigenvalue weighted by Gasteiger charge is -2.35. The first-order valence-electron chi connectivity index (χ1n) is 3.65. The summed E-state index contributed by atoms with van der Waals surface area (Å²) >= 11 is 0. The van der Waals surface area contributed by atoms with E-state index in [1.54, 1.807) is 0 Å². The van der Waals surface area contributed by atoms with E-state index in [0.717, 1.165) is 6.42 Å². The fraction of sp³-hybridized carbons (Fsp3) is 0.875. The van der Waals surface area contributed by atoms with E-state index < -0.39 is 0 Å². The van der Waals surface area contributed by atoms with E-state index in [1.807, 2.05) is 0 Å². The van der Waals surface area contributed by atoms with Crippen molar-refractivity contribution >= 4 is 5.78 Å². The molecule has 1 aliphatic carbocycles. The van der Waals surface area contributed by atoms with E-state index in [9.17, 15) is 4.79 Å².